The lowest BCUT2D eigenvalue weighted by molar-refractivity contribution is -0.135. The zero-order valence-electron chi connectivity index (χ0n) is 14.7. The van der Waals surface area contributed by atoms with Crippen LogP contribution in [-0.4, -0.2) is 73.0 Å². The Hall–Kier alpha value is -2.41. The number of morpholine rings is 1. The van der Waals surface area contributed by atoms with E-state index in [2.05, 4.69) is 0 Å². The zero-order valence-corrected chi connectivity index (χ0v) is 14.7. The fraction of sp³-hybridized carbons (Fsp3) is 0.526. The Morgan fingerprint density at radius 1 is 1.08 bits per heavy atom. The molecule has 3 heterocycles. The minimum Gasteiger partial charge on any atom is -0.378 e. The quantitative estimate of drug-likeness (QED) is 0.788. The predicted octanol–water partition coefficient (Wildman–Crippen LogP) is 0.887. The van der Waals surface area contributed by atoms with Crippen molar-refractivity contribution in [3.63, 3.8) is 0 Å². The van der Waals surface area contributed by atoms with Crippen molar-refractivity contribution in [2.75, 3.05) is 44.3 Å². The Morgan fingerprint density at radius 3 is 2.65 bits per heavy atom. The zero-order chi connectivity index (χ0) is 18.1. The van der Waals surface area contributed by atoms with E-state index in [-0.39, 0.29) is 24.3 Å². The van der Waals surface area contributed by atoms with Gasteiger partial charge in [-0.2, -0.15) is 0 Å². The van der Waals surface area contributed by atoms with E-state index < -0.39 is 6.04 Å². The smallest absolute Gasteiger partial charge is 0.256 e. The van der Waals surface area contributed by atoms with Crippen LogP contribution in [0.2, 0.25) is 0 Å². The van der Waals surface area contributed by atoms with E-state index in [1.165, 1.54) is 4.90 Å². The van der Waals surface area contributed by atoms with Gasteiger partial charge >= 0.3 is 0 Å². The van der Waals surface area contributed by atoms with E-state index in [1.807, 2.05) is 0 Å². The van der Waals surface area contributed by atoms with Gasteiger partial charge in [-0.05, 0) is 31.4 Å². The summed E-state index contributed by atoms with van der Waals surface area (Å²) in [4.78, 5) is 43.9. The Labute approximate surface area is 152 Å². The van der Waals surface area contributed by atoms with Crippen LogP contribution in [0, 0.1) is 0 Å². The standard InChI is InChI=1S/C19H23N3O4/c23-17(20-9-11-26-12-10-20)13-22-15-6-2-1-5-14(15)18(24)21-8-4-3-7-16(21)19(22)25/h1-2,5-6,16H,3-4,7-13H2. The molecule has 0 N–H and O–H groups in total. The highest BCUT2D eigenvalue weighted by Gasteiger charge is 2.41. The lowest BCUT2D eigenvalue weighted by Crippen LogP contribution is -2.53. The number of para-hydroxylation sites is 1. The van der Waals surface area contributed by atoms with Crippen molar-refractivity contribution in [3.05, 3.63) is 29.8 Å². The molecule has 1 aromatic rings. The average molecular weight is 357 g/mol. The molecule has 7 nitrogen and oxygen atoms in total. The second-order valence-corrected chi connectivity index (χ2v) is 6.94. The first kappa shape index (κ1) is 17.0. The third kappa shape index (κ3) is 2.96. The largest absolute Gasteiger partial charge is 0.378 e. The molecule has 2 saturated heterocycles. The molecule has 1 atom stereocenters. The van der Waals surface area contributed by atoms with Gasteiger partial charge in [0.15, 0.2) is 0 Å². The first-order valence-corrected chi connectivity index (χ1v) is 9.24. The summed E-state index contributed by atoms with van der Waals surface area (Å²) in [7, 11) is 0. The first-order valence-electron chi connectivity index (χ1n) is 9.24. The topological polar surface area (TPSA) is 70.2 Å². The van der Waals surface area contributed by atoms with Gasteiger partial charge in [0.2, 0.25) is 11.8 Å². The average Bonchev–Trinajstić information content (AvgIpc) is 2.79. The van der Waals surface area contributed by atoms with Crippen molar-refractivity contribution < 1.29 is 19.1 Å². The summed E-state index contributed by atoms with van der Waals surface area (Å²) in [5.41, 5.74) is 1.04. The molecule has 0 radical (unpaired) electrons. The molecule has 0 bridgehead atoms. The molecule has 0 spiro atoms. The highest BCUT2D eigenvalue weighted by Crippen LogP contribution is 2.31. The fourth-order valence-corrected chi connectivity index (χ4v) is 3.99. The van der Waals surface area contributed by atoms with Crippen LogP contribution in [0.4, 0.5) is 5.69 Å². The maximum atomic E-state index is 13.2. The third-order valence-electron chi connectivity index (χ3n) is 5.40. The van der Waals surface area contributed by atoms with Crippen LogP contribution < -0.4 is 4.90 Å². The van der Waals surface area contributed by atoms with Crippen LogP contribution in [0.3, 0.4) is 0 Å². The number of piperidine rings is 1. The SMILES string of the molecule is O=C(CN1C(=O)C2CCCCN2C(=O)c2ccccc21)N1CCOCC1. The van der Waals surface area contributed by atoms with Crippen LogP contribution >= 0.6 is 0 Å². The Morgan fingerprint density at radius 2 is 1.85 bits per heavy atom. The van der Waals surface area contributed by atoms with Crippen LogP contribution in [0.25, 0.3) is 0 Å². The summed E-state index contributed by atoms with van der Waals surface area (Å²) in [6, 6.07) is 6.63. The van der Waals surface area contributed by atoms with Crippen molar-refractivity contribution in [3.8, 4) is 0 Å². The third-order valence-corrected chi connectivity index (χ3v) is 5.40. The van der Waals surface area contributed by atoms with Crippen LogP contribution in [0.15, 0.2) is 24.3 Å². The molecule has 3 aliphatic rings. The molecule has 26 heavy (non-hydrogen) atoms. The number of carbonyl (C=O) groups is 3. The molecule has 7 heteroatoms. The van der Waals surface area contributed by atoms with Crippen molar-refractivity contribution in [1.82, 2.24) is 9.80 Å². The molecule has 0 aliphatic carbocycles. The van der Waals surface area contributed by atoms with E-state index in [0.717, 1.165) is 12.8 Å². The lowest BCUT2D eigenvalue weighted by atomic mass is 10.0. The number of ether oxygens (including phenoxy) is 1. The minimum atomic E-state index is -0.471. The van der Waals surface area contributed by atoms with Crippen molar-refractivity contribution in [1.29, 1.82) is 0 Å². The van der Waals surface area contributed by atoms with E-state index in [0.29, 0.717) is 50.5 Å². The summed E-state index contributed by atoms with van der Waals surface area (Å²) in [5.74, 6) is -0.363. The summed E-state index contributed by atoms with van der Waals surface area (Å²) in [6.45, 7) is 2.67. The van der Waals surface area contributed by atoms with E-state index in [1.54, 1.807) is 34.1 Å². The van der Waals surface area contributed by atoms with Gasteiger partial charge < -0.3 is 19.4 Å². The maximum Gasteiger partial charge on any atom is 0.256 e. The molecule has 2 fully saturated rings. The van der Waals surface area contributed by atoms with Crippen molar-refractivity contribution in [2.45, 2.75) is 25.3 Å². The molecule has 1 aromatic carbocycles. The van der Waals surface area contributed by atoms with Crippen LogP contribution in [0.1, 0.15) is 29.6 Å². The number of hydrogen-bond donors (Lipinski definition) is 0. The van der Waals surface area contributed by atoms with Gasteiger partial charge in [0.25, 0.3) is 5.91 Å². The van der Waals surface area contributed by atoms with Gasteiger partial charge in [0, 0.05) is 19.6 Å². The predicted molar refractivity (Wildman–Crippen MR) is 94.9 cm³/mol. The van der Waals surface area contributed by atoms with Crippen LogP contribution in [0.5, 0.6) is 0 Å². The highest BCUT2D eigenvalue weighted by molar-refractivity contribution is 6.12. The molecule has 3 amide bonds. The summed E-state index contributed by atoms with van der Waals surface area (Å²) in [5, 5.41) is 0. The second kappa shape index (κ2) is 7.07. The highest BCUT2D eigenvalue weighted by atomic mass is 16.5. The molecule has 138 valence electrons. The Balaban J connectivity index is 1.67. The Bertz CT molecular complexity index is 729. The summed E-state index contributed by atoms with van der Waals surface area (Å²) in [6.07, 6.45) is 2.48. The number of carbonyl (C=O) groups excluding carboxylic acids is 3. The van der Waals surface area contributed by atoms with Gasteiger partial charge in [-0.25, -0.2) is 0 Å². The number of benzene rings is 1. The lowest BCUT2D eigenvalue weighted by Gasteiger charge is -2.35. The maximum absolute atomic E-state index is 13.2. The molecule has 0 saturated carbocycles. The molecular formula is C19H23N3O4. The van der Waals surface area contributed by atoms with Gasteiger partial charge in [0.05, 0.1) is 24.5 Å². The molecule has 4 rings (SSSR count). The minimum absolute atomic E-state index is 0.0343. The number of fused-ring (bicyclic) bond motifs is 2. The van der Waals surface area contributed by atoms with Gasteiger partial charge in [0.1, 0.15) is 12.6 Å². The van der Waals surface area contributed by atoms with Crippen molar-refractivity contribution in [2.24, 2.45) is 0 Å². The van der Waals surface area contributed by atoms with Gasteiger partial charge in [-0.3, -0.25) is 14.4 Å². The molecule has 0 aromatic heterocycles. The summed E-state index contributed by atoms with van der Waals surface area (Å²) < 4.78 is 5.30. The molecular weight excluding hydrogens is 334 g/mol. The van der Waals surface area contributed by atoms with E-state index in [4.69, 9.17) is 4.74 Å². The Kier molecular flexibility index (Phi) is 4.63. The van der Waals surface area contributed by atoms with Gasteiger partial charge in [-0.1, -0.05) is 12.1 Å². The number of rotatable bonds is 2. The van der Waals surface area contributed by atoms with E-state index in [9.17, 15) is 14.4 Å². The fourth-order valence-electron chi connectivity index (χ4n) is 3.99. The van der Waals surface area contributed by atoms with Crippen molar-refractivity contribution >= 4 is 23.4 Å². The number of amides is 3. The number of hydrogen-bond acceptors (Lipinski definition) is 4. The van der Waals surface area contributed by atoms with Crippen LogP contribution in [-0.2, 0) is 14.3 Å². The normalized spacial score (nSPS) is 23.4. The number of anilines is 1. The van der Waals surface area contributed by atoms with Gasteiger partial charge in [-0.15, -0.1) is 0 Å². The molecule has 1 unspecified atom stereocenters. The number of nitrogens with zero attached hydrogens (tertiary/aromatic N) is 3. The summed E-state index contributed by atoms with van der Waals surface area (Å²) >= 11 is 0. The molecule has 3 aliphatic heterocycles. The monoisotopic (exact) mass is 357 g/mol. The van der Waals surface area contributed by atoms with E-state index >= 15 is 0 Å². The second-order valence-electron chi connectivity index (χ2n) is 6.94. The first-order chi connectivity index (χ1) is 12.7.